The number of nitrogens with zero attached hydrogens (tertiary/aromatic N) is 3. The number of methoxy groups -OCH3 is 1. The molecule has 10 heteroatoms. The molecule has 24 heavy (non-hydrogen) atoms. The first kappa shape index (κ1) is 16.5. The minimum atomic E-state index is -0.967. The van der Waals surface area contributed by atoms with Gasteiger partial charge in [0.1, 0.15) is 11.6 Å². The number of nitriles is 1. The lowest BCUT2D eigenvalue weighted by molar-refractivity contribution is -0.385. The highest BCUT2D eigenvalue weighted by Gasteiger charge is 2.24. The molecule has 0 fully saturated rings. The summed E-state index contributed by atoms with van der Waals surface area (Å²) in [5, 5.41) is 20.2. The van der Waals surface area contributed by atoms with Crippen molar-refractivity contribution in [3.05, 3.63) is 51.3 Å². The maximum Gasteiger partial charge on any atom is 0.357 e. The van der Waals surface area contributed by atoms with Crippen LogP contribution in [0.3, 0.4) is 0 Å². The fourth-order valence-corrected chi connectivity index (χ4v) is 2.15. The van der Waals surface area contributed by atoms with Crippen molar-refractivity contribution in [1.29, 1.82) is 5.26 Å². The van der Waals surface area contributed by atoms with Crippen molar-refractivity contribution in [2.75, 3.05) is 12.8 Å². The van der Waals surface area contributed by atoms with E-state index in [9.17, 15) is 19.7 Å². The molecule has 0 aliphatic rings. The van der Waals surface area contributed by atoms with E-state index in [0.29, 0.717) is 0 Å². The number of nitro groups is 1. The molecule has 1 aromatic heterocycles. The molecular weight excluding hydrogens is 318 g/mol. The fraction of sp³-hybridized carbons (Fsp3) is 0.0714. The van der Waals surface area contributed by atoms with Crippen LogP contribution in [-0.4, -0.2) is 28.5 Å². The Morgan fingerprint density at radius 2 is 2.08 bits per heavy atom. The standard InChI is InChI=1S/C14H11N5O5/c1-24-14(21)12-11(16)7(5-15)6-18(12)8-2-3-9(13(17)20)10(4-8)19(22)23/h2-4,6H,16H2,1H3,(H2,17,20). The van der Waals surface area contributed by atoms with Gasteiger partial charge in [-0.15, -0.1) is 0 Å². The zero-order valence-electron chi connectivity index (χ0n) is 12.3. The van der Waals surface area contributed by atoms with Crippen LogP contribution in [0.5, 0.6) is 0 Å². The number of benzene rings is 1. The summed E-state index contributed by atoms with van der Waals surface area (Å²) in [5.41, 5.74) is 9.89. The second-order valence-electron chi connectivity index (χ2n) is 4.60. The van der Waals surface area contributed by atoms with Crippen LogP contribution in [0.1, 0.15) is 26.4 Å². The van der Waals surface area contributed by atoms with Crippen molar-refractivity contribution in [3.8, 4) is 11.8 Å². The monoisotopic (exact) mass is 329 g/mol. The first-order valence-electron chi connectivity index (χ1n) is 6.39. The summed E-state index contributed by atoms with van der Waals surface area (Å²) in [7, 11) is 1.13. The van der Waals surface area contributed by atoms with Crippen molar-refractivity contribution in [3.63, 3.8) is 0 Å². The van der Waals surface area contributed by atoms with E-state index in [-0.39, 0.29) is 28.2 Å². The Balaban J connectivity index is 2.76. The molecule has 0 spiro atoms. The molecule has 0 unspecified atom stereocenters. The number of hydrogen-bond donors (Lipinski definition) is 2. The van der Waals surface area contributed by atoms with Gasteiger partial charge in [0.2, 0.25) is 0 Å². The number of carbonyl (C=O) groups excluding carboxylic acids is 2. The van der Waals surface area contributed by atoms with E-state index in [1.165, 1.54) is 16.8 Å². The van der Waals surface area contributed by atoms with Gasteiger partial charge in [-0.1, -0.05) is 0 Å². The smallest absolute Gasteiger partial charge is 0.357 e. The zero-order valence-corrected chi connectivity index (χ0v) is 12.3. The molecule has 2 rings (SSSR count). The van der Waals surface area contributed by atoms with Crippen LogP contribution >= 0.6 is 0 Å². The number of ether oxygens (including phenoxy) is 1. The van der Waals surface area contributed by atoms with Crippen molar-refractivity contribution in [1.82, 2.24) is 4.57 Å². The molecule has 0 radical (unpaired) electrons. The number of primary amides is 1. The summed E-state index contributed by atoms with van der Waals surface area (Å²) in [4.78, 5) is 33.5. The average molecular weight is 329 g/mol. The number of rotatable bonds is 4. The summed E-state index contributed by atoms with van der Waals surface area (Å²) in [5.74, 6) is -1.79. The number of nitrogens with two attached hydrogens (primary N) is 2. The molecule has 4 N–H and O–H groups in total. The lowest BCUT2D eigenvalue weighted by atomic mass is 10.1. The van der Waals surface area contributed by atoms with Gasteiger partial charge in [0.05, 0.1) is 29.0 Å². The second kappa shape index (κ2) is 6.09. The Morgan fingerprint density at radius 1 is 1.42 bits per heavy atom. The molecule has 1 heterocycles. The van der Waals surface area contributed by atoms with Gasteiger partial charge in [-0.25, -0.2) is 4.79 Å². The Hall–Kier alpha value is -3.87. The summed E-state index contributed by atoms with van der Waals surface area (Å²) < 4.78 is 5.80. The van der Waals surface area contributed by atoms with Gasteiger partial charge >= 0.3 is 5.97 Å². The highest BCUT2D eigenvalue weighted by atomic mass is 16.6. The van der Waals surface area contributed by atoms with Gasteiger partial charge in [-0.3, -0.25) is 14.9 Å². The highest BCUT2D eigenvalue weighted by molar-refractivity contribution is 5.98. The second-order valence-corrected chi connectivity index (χ2v) is 4.60. The van der Waals surface area contributed by atoms with Crippen LogP contribution in [0.25, 0.3) is 5.69 Å². The van der Waals surface area contributed by atoms with E-state index in [4.69, 9.17) is 16.7 Å². The lowest BCUT2D eigenvalue weighted by Crippen LogP contribution is -2.15. The number of nitrogen functional groups attached to an aromatic ring is 1. The van der Waals surface area contributed by atoms with Gasteiger partial charge in [-0.05, 0) is 12.1 Å². The number of aromatic nitrogens is 1. The molecule has 0 aliphatic heterocycles. The summed E-state index contributed by atoms with van der Waals surface area (Å²) in [6.07, 6.45) is 1.24. The Labute approximate surface area is 135 Å². The van der Waals surface area contributed by atoms with E-state index in [0.717, 1.165) is 19.2 Å². The molecule has 122 valence electrons. The number of esters is 1. The number of anilines is 1. The molecule has 0 saturated carbocycles. The number of carbonyl (C=O) groups is 2. The number of amides is 1. The summed E-state index contributed by atoms with van der Waals surface area (Å²) in [6, 6.07) is 5.34. The van der Waals surface area contributed by atoms with Crippen LogP contribution in [0.4, 0.5) is 11.4 Å². The SMILES string of the molecule is COC(=O)c1c(N)c(C#N)cn1-c1ccc(C(N)=O)c([N+](=O)[O-])c1. The Kier molecular flexibility index (Phi) is 4.19. The normalized spacial score (nSPS) is 10.0. The fourth-order valence-electron chi connectivity index (χ4n) is 2.15. The van der Waals surface area contributed by atoms with Crippen LogP contribution in [0, 0.1) is 21.4 Å². The molecule has 1 aromatic carbocycles. The van der Waals surface area contributed by atoms with Gasteiger partial charge in [0.25, 0.3) is 11.6 Å². The Bertz CT molecular complexity index is 909. The largest absolute Gasteiger partial charge is 0.464 e. The number of nitro benzene ring substituents is 1. The lowest BCUT2D eigenvalue weighted by Gasteiger charge is -2.09. The molecule has 1 amide bonds. The molecule has 0 saturated heterocycles. The van der Waals surface area contributed by atoms with Gasteiger partial charge in [0, 0.05) is 12.3 Å². The quantitative estimate of drug-likeness (QED) is 0.473. The first-order valence-corrected chi connectivity index (χ1v) is 6.39. The van der Waals surface area contributed by atoms with E-state index >= 15 is 0 Å². The summed E-state index contributed by atoms with van der Waals surface area (Å²) >= 11 is 0. The maximum atomic E-state index is 11.9. The predicted molar refractivity (Wildman–Crippen MR) is 81.4 cm³/mol. The molecule has 0 aliphatic carbocycles. The van der Waals surface area contributed by atoms with Crippen molar-refractivity contribution < 1.29 is 19.2 Å². The first-order chi connectivity index (χ1) is 11.3. The van der Waals surface area contributed by atoms with E-state index in [1.54, 1.807) is 0 Å². The van der Waals surface area contributed by atoms with Gasteiger partial charge in [-0.2, -0.15) is 5.26 Å². The molecule has 2 aromatic rings. The van der Waals surface area contributed by atoms with Crippen molar-refractivity contribution in [2.45, 2.75) is 0 Å². The molecule has 0 atom stereocenters. The molecular formula is C14H11N5O5. The zero-order chi connectivity index (χ0) is 18.0. The number of hydrogen-bond acceptors (Lipinski definition) is 7. The van der Waals surface area contributed by atoms with E-state index in [2.05, 4.69) is 4.74 Å². The van der Waals surface area contributed by atoms with Crippen LogP contribution < -0.4 is 11.5 Å². The van der Waals surface area contributed by atoms with Crippen LogP contribution in [-0.2, 0) is 4.74 Å². The third-order valence-electron chi connectivity index (χ3n) is 3.27. The topological polar surface area (TPSA) is 167 Å². The minimum absolute atomic E-state index is 0.00275. The van der Waals surface area contributed by atoms with E-state index in [1.807, 2.05) is 6.07 Å². The van der Waals surface area contributed by atoms with Crippen molar-refractivity contribution >= 4 is 23.3 Å². The van der Waals surface area contributed by atoms with Crippen LogP contribution in [0.15, 0.2) is 24.4 Å². The highest BCUT2D eigenvalue weighted by Crippen LogP contribution is 2.28. The maximum absolute atomic E-state index is 11.9. The predicted octanol–water partition coefficient (Wildman–Crippen LogP) is 0.725. The Morgan fingerprint density at radius 3 is 2.58 bits per heavy atom. The van der Waals surface area contributed by atoms with Crippen molar-refractivity contribution in [2.24, 2.45) is 5.73 Å². The minimum Gasteiger partial charge on any atom is -0.464 e. The third-order valence-corrected chi connectivity index (χ3v) is 3.27. The average Bonchev–Trinajstić information content (AvgIpc) is 2.89. The van der Waals surface area contributed by atoms with E-state index < -0.39 is 22.5 Å². The molecule has 10 nitrogen and oxygen atoms in total. The van der Waals surface area contributed by atoms with Crippen LogP contribution in [0.2, 0.25) is 0 Å². The molecule has 0 bridgehead atoms. The van der Waals surface area contributed by atoms with Gasteiger partial charge in [0.15, 0.2) is 5.69 Å². The van der Waals surface area contributed by atoms with Gasteiger partial charge < -0.3 is 20.8 Å². The third kappa shape index (κ3) is 2.61. The summed E-state index contributed by atoms with van der Waals surface area (Å²) in [6.45, 7) is 0.